The van der Waals surface area contributed by atoms with Crippen molar-refractivity contribution in [1.29, 1.82) is 0 Å². The van der Waals surface area contributed by atoms with E-state index in [-0.39, 0.29) is 0 Å². The van der Waals surface area contributed by atoms with Crippen LogP contribution in [-0.4, -0.2) is 27.7 Å². The zero-order valence-corrected chi connectivity index (χ0v) is 7.29. The molecule has 0 aromatic carbocycles. The highest BCUT2D eigenvalue weighted by atomic mass is 16.3. The fourth-order valence-electron chi connectivity index (χ4n) is 0.789. The lowest BCUT2D eigenvalue weighted by Gasteiger charge is -2.25. The van der Waals surface area contributed by atoms with Crippen LogP contribution in [0.3, 0.4) is 0 Å². The Kier molecular flexibility index (Phi) is 3.69. The number of hydrogen-bond donors (Lipinski definition) is 2. The van der Waals surface area contributed by atoms with Crippen LogP contribution in [0.15, 0.2) is 0 Å². The van der Waals surface area contributed by atoms with Crippen LogP contribution in [0, 0.1) is 0 Å². The van der Waals surface area contributed by atoms with E-state index in [0.29, 0.717) is 6.42 Å². The standard InChI is InChI=1S/C8H16O3/c1-4-5-7(10)8(3,11)6(2)9/h7,10-11H,4-5H2,1-3H3/t7-,8+/m0/s1. The van der Waals surface area contributed by atoms with Crippen molar-refractivity contribution >= 4 is 5.78 Å². The van der Waals surface area contributed by atoms with Crippen molar-refractivity contribution in [3.8, 4) is 0 Å². The van der Waals surface area contributed by atoms with Gasteiger partial charge in [0.05, 0.1) is 6.10 Å². The number of rotatable bonds is 4. The molecular weight excluding hydrogens is 144 g/mol. The molecule has 0 heterocycles. The first-order valence-electron chi connectivity index (χ1n) is 3.84. The van der Waals surface area contributed by atoms with E-state index in [4.69, 9.17) is 0 Å². The van der Waals surface area contributed by atoms with Crippen molar-refractivity contribution in [1.82, 2.24) is 0 Å². The van der Waals surface area contributed by atoms with E-state index in [9.17, 15) is 15.0 Å². The van der Waals surface area contributed by atoms with Crippen LogP contribution in [0.4, 0.5) is 0 Å². The first kappa shape index (κ1) is 10.6. The van der Waals surface area contributed by atoms with Gasteiger partial charge in [0, 0.05) is 0 Å². The van der Waals surface area contributed by atoms with E-state index in [1.165, 1.54) is 13.8 Å². The molecule has 0 saturated heterocycles. The average molecular weight is 160 g/mol. The monoisotopic (exact) mass is 160 g/mol. The highest BCUT2D eigenvalue weighted by Crippen LogP contribution is 2.15. The van der Waals surface area contributed by atoms with Crippen LogP contribution in [0.2, 0.25) is 0 Å². The minimum Gasteiger partial charge on any atom is -0.390 e. The number of hydrogen-bond acceptors (Lipinski definition) is 3. The van der Waals surface area contributed by atoms with Gasteiger partial charge in [0.1, 0.15) is 5.60 Å². The van der Waals surface area contributed by atoms with E-state index in [0.717, 1.165) is 6.42 Å². The zero-order valence-electron chi connectivity index (χ0n) is 7.29. The van der Waals surface area contributed by atoms with E-state index < -0.39 is 17.5 Å². The number of carbonyl (C=O) groups is 1. The third kappa shape index (κ3) is 2.60. The maximum absolute atomic E-state index is 10.8. The van der Waals surface area contributed by atoms with Crippen LogP contribution in [-0.2, 0) is 4.79 Å². The predicted molar refractivity (Wildman–Crippen MR) is 42.2 cm³/mol. The summed E-state index contributed by atoms with van der Waals surface area (Å²) >= 11 is 0. The smallest absolute Gasteiger partial charge is 0.163 e. The van der Waals surface area contributed by atoms with Gasteiger partial charge in [-0.05, 0) is 20.3 Å². The van der Waals surface area contributed by atoms with Crippen LogP contribution in [0.1, 0.15) is 33.6 Å². The van der Waals surface area contributed by atoms with Gasteiger partial charge in [-0.15, -0.1) is 0 Å². The Morgan fingerprint density at radius 3 is 2.36 bits per heavy atom. The second-order valence-electron chi connectivity index (χ2n) is 3.01. The Hall–Kier alpha value is -0.410. The summed E-state index contributed by atoms with van der Waals surface area (Å²) in [7, 11) is 0. The number of aliphatic hydroxyl groups excluding tert-OH is 1. The minimum absolute atomic E-state index is 0.390. The molecule has 0 fully saturated rings. The highest BCUT2D eigenvalue weighted by molar-refractivity contribution is 5.84. The van der Waals surface area contributed by atoms with Crippen molar-refractivity contribution in [2.75, 3.05) is 0 Å². The maximum atomic E-state index is 10.8. The molecule has 0 saturated carbocycles. The summed E-state index contributed by atoms with van der Waals surface area (Å²) in [6.45, 7) is 4.51. The molecule has 0 amide bonds. The molecule has 0 bridgehead atoms. The molecular formula is C8H16O3. The predicted octanol–water partition coefficient (Wildman–Crippen LogP) is 0.487. The molecule has 0 unspecified atom stereocenters. The molecule has 0 spiro atoms. The number of carbonyl (C=O) groups excluding carboxylic acids is 1. The van der Waals surface area contributed by atoms with Gasteiger partial charge in [-0.25, -0.2) is 0 Å². The zero-order chi connectivity index (χ0) is 9.07. The van der Waals surface area contributed by atoms with E-state index in [2.05, 4.69) is 0 Å². The number of Topliss-reactive ketones (excluding diaryl/α,β-unsaturated/α-hetero) is 1. The number of aliphatic hydroxyl groups is 2. The van der Waals surface area contributed by atoms with Gasteiger partial charge in [0.15, 0.2) is 5.78 Å². The second kappa shape index (κ2) is 3.83. The van der Waals surface area contributed by atoms with Gasteiger partial charge in [-0.2, -0.15) is 0 Å². The summed E-state index contributed by atoms with van der Waals surface area (Å²) in [6, 6.07) is 0. The SMILES string of the molecule is CCC[C@H](O)[C@](C)(O)C(C)=O. The summed E-state index contributed by atoms with van der Waals surface area (Å²) in [6.07, 6.45) is 0.266. The Balaban J connectivity index is 4.17. The lowest BCUT2D eigenvalue weighted by Crippen LogP contribution is -2.45. The quantitative estimate of drug-likeness (QED) is 0.629. The number of ketones is 1. The molecule has 0 radical (unpaired) electrons. The molecule has 66 valence electrons. The Labute approximate surface area is 67.0 Å². The minimum atomic E-state index is -1.57. The molecule has 0 aliphatic carbocycles. The van der Waals surface area contributed by atoms with Crippen molar-refractivity contribution in [3.05, 3.63) is 0 Å². The van der Waals surface area contributed by atoms with Gasteiger partial charge < -0.3 is 10.2 Å². The van der Waals surface area contributed by atoms with Crippen molar-refractivity contribution in [2.45, 2.75) is 45.3 Å². The molecule has 3 nitrogen and oxygen atoms in total. The maximum Gasteiger partial charge on any atom is 0.163 e. The summed E-state index contributed by atoms with van der Waals surface area (Å²) in [5.41, 5.74) is -1.57. The van der Waals surface area contributed by atoms with Gasteiger partial charge in [0.2, 0.25) is 0 Å². The average Bonchev–Trinajstić information content (AvgIpc) is 1.88. The Morgan fingerprint density at radius 1 is 1.64 bits per heavy atom. The lowest BCUT2D eigenvalue weighted by atomic mass is 9.92. The molecule has 2 N–H and O–H groups in total. The summed E-state index contributed by atoms with van der Waals surface area (Å²) in [5, 5.41) is 18.7. The molecule has 2 atom stereocenters. The summed E-state index contributed by atoms with van der Waals surface area (Å²) in [4.78, 5) is 10.8. The van der Waals surface area contributed by atoms with Crippen molar-refractivity contribution in [2.24, 2.45) is 0 Å². The summed E-state index contributed by atoms with van der Waals surface area (Å²) < 4.78 is 0. The second-order valence-corrected chi connectivity index (χ2v) is 3.01. The van der Waals surface area contributed by atoms with Crippen LogP contribution in [0.5, 0.6) is 0 Å². The van der Waals surface area contributed by atoms with E-state index in [1.54, 1.807) is 0 Å². The van der Waals surface area contributed by atoms with Gasteiger partial charge in [0.25, 0.3) is 0 Å². The molecule has 0 aliphatic rings. The van der Waals surface area contributed by atoms with Crippen LogP contribution in [0.25, 0.3) is 0 Å². The van der Waals surface area contributed by atoms with Crippen molar-refractivity contribution in [3.63, 3.8) is 0 Å². The Morgan fingerprint density at radius 2 is 2.09 bits per heavy atom. The highest BCUT2D eigenvalue weighted by Gasteiger charge is 2.34. The van der Waals surface area contributed by atoms with E-state index in [1.807, 2.05) is 6.92 Å². The molecule has 0 aromatic rings. The van der Waals surface area contributed by atoms with Crippen LogP contribution < -0.4 is 0 Å². The molecule has 11 heavy (non-hydrogen) atoms. The summed E-state index contributed by atoms with van der Waals surface area (Å²) in [5.74, 6) is -0.390. The fraction of sp³-hybridized carbons (Fsp3) is 0.875. The van der Waals surface area contributed by atoms with E-state index >= 15 is 0 Å². The van der Waals surface area contributed by atoms with Crippen molar-refractivity contribution < 1.29 is 15.0 Å². The first-order chi connectivity index (χ1) is 4.92. The third-order valence-electron chi connectivity index (χ3n) is 1.92. The Bertz CT molecular complexity index is 140. The normalized spacial score (nSPS) is 19.0. The molecule has 0 aliphatic heterocycles. The molecule has 0 aromatic heterocycles. The van der Waals surface area contributed by atoms with Gasteiger partial charge >= 0.3 is 0 Å². The lowest BCUT2D eigenvalue weighted by molar-refractivity contribution is -0.145. The first-order valence-corrected chi connectivity index (χ1v) is 3.84. The van der Waals surface area contributed by atoms with Crippen LogP contribution >= 0.6 is 0 Å². The fourth-order valence-corrected chi connectivity index (χ4v) is 0.789. The topological polar surface area (TPSA) is 57.5 Å². The molecule has 0 rings (SSSR count). The van der Waals surface area contributed by atoms with Gasteiger partial charge in [-0.1, -0.05) is 13.3 Å². The van der Waals surface area contributed by atoms with Gasteiger partial charge in [-0.3, -0.25) is 4.79 Å². The largest absolute Gasteiger partial charge is 0.390 e. The molecule has 3 heteroatoms. The third-order valence-corrected chi connectivity index (χ3v) is 1.92.